The Kier molecular flexibility index (Phi) is 6.06. The van der Waals surface area contributed by atoms with E-state index in [0.29, 0.717) is 5.39 Å². The van der Waals surface area contributed by atoms with Gasteiger partial charge < -0.3 is 10.2 Å². The van der Waals surface area contributed by atoms with Crippen molar-refractivity contribution in [3.8, 4) is 0 Å². The summed E-state index contributed by atoms with van der Waals surface area (Å²) in [6.45, 7) is -0.354. The van der Waals surface area contributed by atoms with Gasteiger partial charge in [0.25, 0.3) is 6.43 Å². The van der Waals surface area contributed by atoms with Crippen molar-refractivity contribution in [1.29, 1.82) is 0 Å². The van der Waals surface area contributed by atoms with E-state index in [2.05, 4.69) is 15.3 Å². The lowest BCUT2D eigenvalue weighted by atomic mass is 10.2. The number of hydrogen-bond donors (Lipinski definition) is 1. The lowest BCUT2D eigenvalue weighted by molar-refractivity contribution is -0.137. The van der Waals surface area contributed by atoms with Crippen LogP contribution in [-0.4, -0.2) is 29.5 Å². The maximum absolute atomic E-state index is 13.1. The van der Waals surface area contributed by atoms with Gasteiger partial charge in [0, 0.05) is 18.1 Å². The van der Waals surface area contributed by atoms with Crippen LogP contribution in [0.25, 0.3) is 10.9 Å². The molecule has 0 bridgehead atoms. The van der Waals surface area contributed by atoms with E-state index >= 15 is 0 Å². The van der Waals surface area contributed by atoms with E-state index < -0.39 is 34.9 Å². The van der Waals surface area contributed by atoms with Crippen LogP contribution in [0.3, 0.4) is 0 Å². The topological polar surface area (TPSA) is 58.1 Å². The Morgan fingerprint density at radius 2 is 1.87 bits per heavy atom. The number of likely N-dealkylation sites (N-methyl/N-ethyl adjacent to an activating group) is 1. The van der Waals surface area contributed by atoms with Crippen molar-refractivity contribution in [2.75, 3.05) is 23.8 Å². The zero-order valence-electron chi connectivity index (χ0n) is 15.3. The molecular formula is C19H14ClF5N4O. The molecule has 0 radical (unpaired) electrons. The van der Waals surface area contributed by atoms with Gasteiger partial charge in [0.1, 0.15) is 5.82 Å². The quantitative estimate of drug-likeness (QED) is 0.541. The lowest BCUT2D eigenvalue weighted by Gasteiger charge is -2.20. The number of benzene rings is 2. The molecule has 0 aliphatic carbocycles. The maximum Gasteiger partial charge on any atom is 0.417 e. The van der Waals surface area contributed by atoms with E-state index in [0.717, 1.165) is 12.1 Å². The number of fused-ring (bicyclic) bond motifs is 1. The number of nitrogens with zero attached hydrogens (tertiary/aromatic N) is 3. The fraction of sp³-hybridized carbons (Fsp3) is 0.211. The van der Waals surface area contributed by atoms with Crippen LogP contribution in [0.5, 0.6) is 0 Å². The van der Waals surface area contributed by atoms with Gasteiger partial charge in [0.2, 0.25) is 5.91 Å². The molecule has 0 atom stereocenters. The van der Waals surface area contributed by atoms with E-state index in [9.17, 15) is 26.7 Å². The number of rotatable bonds is 5. The van der Waals surface area contributed by atoms with Crippen molar-refractivity contribution in [3.63, 3.8) is 0 Å². The van der Waals surface area contributed by atoms with Crippen LogP contribution >= 0.6 is 11.6 Å². The van der Waals surface area contributed by atoms with E-state index in [1.165, 1.54) is 24.1 Å². The predicted molar refractivity (Wildman–Crippen MR) is 103 cm³/mol. The summed E-state index contributed by atoms with van der Waals surface area (Å²) in [4.78, 5) is 21.3. The second-order valence-electron chi connectivity index (χ2n) is 6.32. The highest BCUT2D eigenvalue weighted by atomic mass is 35.5. The molecule has 0 saturated heterocycles. The predicted octanol–water partition coefficient (Wildman–Crippen LogP) is 5.31. The molecule has 0 aliphatic rings. The number of hydrogen-bond acceptors (Lipinski definition) is 4. The summed E-state index contributed by atoms with van der Waals surface area (Å²) in [5.74, 6) is -1.27. The Morgan fingerprint density at radius 1 is 1.17 bits per heavy atom. The van der Waals surface area contributed by atoms with Gasteiger partial charge in [-0.25, -0.2) is 18.7 Å². The number of alkyl halides is 5. The van der Waals surface area contributed by atoms with Crippen LogP contribution in [0.1, 0.15) is 17.8 Å². The summed E-state index contributed by atoms with van der Waals surface area (Å²) in [5, 5.41) is 2.29. The minimum absolute atomic E-state index is 0.0955. The van der Waals surface area contributed by atoms with Crippen molar-refractivity contribution in [2.24, 2.45) is 0 Å². The molecule has 0 unspecified atom stereocenters. The van der Waals surface area contributed by atoms with Crippen LogP contribution in [0.2, 0.25) is 5.02 Å². The molecule has 158 valence electrons. The Hall–Kier alpha value is -3.01. The largest absolute Gasteiger partial charge is 0.417 e. The third kappa shape index (κ3) is 4.76. The molecule has 0 aliphatic heterocycles. The Labute approximate surface area is 172 Å². The summed E-state index contributed by atoms with van der Waals surface area (Å²) < 4.78 is 65.2. The minimum atomic E-state index is -4.68. The van der Waals surface area contributed by atoms with Gasteiger partial charge in [-0.3, -0.25) is 4.79 Å². The number of carbonyl (C=O) groups is 1. The monoisotopic (exact) mass is 444 g/mol. The normalized spacial score (nSPS) is 11.7. The molecule has 0 spiro atoms. The molecule has 1 amide bonds. The average molecular weight is 445 g/mol. The molecule has 1 heterocycles. The number of aromatic nitrogens is 2. The number of amides is 1. The molecule has 2 aromatic carbocycles. The SMILES string of the molecule is CN(CC(=O)Nc1ccc(Cl)c(C(F)(F)F)c1)c1nc(C(F)F)nc2ccccc12. The zero-order valence-corrected chi connectivity index (χ0v) is 16.1. The fourth-order valence-electron chi connectivity index (χ4n) is 2.78. The number of nitrogens with one attached hydrogen (secondary N) is 1. The highest BCUT2D eigenvalue weighted by molar-refractivity contribution is 6.31. The number of halogens is 6. The molecule has 3 rings (SSSR count). The van der Waals surface area contributed by atoms with Crippen LogP contribution in [0.4, 0.5) is 33.5 Å². The molecule has 5 nitrogen and oxygen atoms in total. The van der Waals surface area contributed by atoms with Crippen LogP contribution in [0.15, 0.2) is 42.5 Å². The lowest BCUT2D eigenvalue weighted by Crippen LogP contribution is -2.31. The molecule has 1 aromatic heterocycles. The molecule has 1 N–H and O–H groups in total. The molecule has 11 heteroatoms. The number of carbonyl (C=O) groups excluding carboxylic acids is 1. The standard InChI is InChI=1S/C19H14ClF5N4O/c1-29(18-11-4-2-3-5-14(11)27-17(28-18)16(21)22)9-15(30)26-10-6-7-13(20)12(8-10)19(23,24)25/h2-8,16H,9H2,1H3,(H,26,30). The van der Waals surface area contributed by atoms with Crippen molar-refractivity contribution >= 4 is 39.9 Å². The van der Waals surface area contributed by atoms with Gasteiger partial charge in [0.15, 0.2) is 5.82 Å². The highest BCUT2D eigenvalue weighted by Crippen LogP contribution is 2.36. The van der Waals surface area contributed by atoms with Gasteiger partial charge >= 0.3 is 6.18 Å². The zero-order chi connectivity index (χ0) is 22.1. The molecule has 0 saturated carbocycles. The van der Waals surface area contributed by atoms with Crippen molar-refractivity contribution in [3.05, 3.63) is 58.9 Å². The first kappa shape index (κ1) is 21.7. The van der Waals surface area contributed by atoms with E-state index in [4.69, 9.17) is 11.6 Å². The van der Waals surface area contributed by atoms with Gasteiger partial charge in [-0.1, -0.05) is 23.7 Å². The first-order valence-electron chi connectivity index (χ1n) is 8.49. The fourth-order valence-corrected chi connectivity index (χ4v) is 3.00. The molecule has 3 aromatic rings. The van der Waals surface area contributed by atoms with Gasteiger partial charge in [-0.2, -0.15) is 13.2 Å². The molecular weight excluding hydrogens is 431 g/mol. The third-order valence-electron chi connectivity index (χ3n) is 4.09. The van der Waals surface area contributed by atoms with Gasteiger partial charge in [-0.15, -0.1) is 0 Å². The van der Waals surface area contributed by atoms with E-state index in [1.54, 1.807) is 18.2 Å². The second kappa shape index (κ2) is 8.39. The second-order valence-corrected chi connectivity index (χ2v) is 6.73. The Morgan fingerprint density at radius 3 is 2.53 bits per heavy atom. The Bertz CT molecular complexity index is 1090. The average Bonchev–Trinajstić information content (AvgIpc) is 2.67. The first-order chi connectivity index (χ1) is 14.1. The number of anilines is 2. The summed E-state index contributed by atoms with van der Waals surface area (Å²) in [5.41, 5.74) is -0.915. The maximum atomic E-state index is 13.1. The van der Waals surface area contributed by atoms with Crippen LogP contribution < -0.4 is 10.2 Å². The number of para-hydroxylation sites is 1. The third-order valence-corrected chi connectivity index (χ3v) is 4.42. The summed E-state index contributed by atoms with van der Waals surface area (Å²) in [7, 11) is 1.45. The van der Waals surface area contributed by atoms with Gasteiger partial charge in [-0.05, 0) is 30.3 Å². The summed E-state index contributed by atoms with van der Waals surface area (Å²) in [6, 6.07) is 9.41. The van der Waals surface area contributed by atoms with E-state index in [-0.39, 0.29) is 23.6 Å². The first-order valence-corrected chi connectivity index (χ1v) is 8.86. The highest BCUT2D eigenvalue weighted by Gasteiger charge is 2.33. The smallest absolute Gasteiger partial charge is 0.350 e. The molecule has 30 heavy (non-hydrogen) atoms. The van der Waals surface area contributed by atoms with Gasteiger partial charge in [0.05, 0.1) is 22.6 Å². The molecule has 0 fully saturated rings. The minimum Gasteiger partial charge on any atom is -0.350 e. The Balaban J connectivity index is 1.83. The van der Waals surface area contributed by atoms with Crippen molar-refractivity contribution in [1.82, 2.24) is 9.97 Å². The van der Waals surface area contributed by atoms with Crippen molar-refractivity contribution < 1.29 is 26.7 Å². The summed E-state index contributed by atoms with van der Waals surface area (Å²) in [6.07, 6.45) is -7.59. The summed E-state index contributed by atoms with van der Waals surface area (Å²) >= 11 is 5.56. The van der Waals surface area contributed by atoms with Crippen molar-refractivity contribution in [2.45, 2.75) is 12.6 Å². The van der Waals surface area contributed by atoms with Crippen LogP contribution in [-0.2, 0) is 11.0 Å². The van der Waals surface area contributed by atoms with Crippen LogP contribution in [0, 0.1) is 0 Å². The van der Waals surface area contributed by atoms with E-state index in [1.807, 2.05) is 0 Å².